The third kappa shape index (κ3) is 1.11. The molecule has 0 aromatic carbocycles. The summed E-state index contributed by atoms with van der Waals surface area (Å²) in [5.74, 6) is -1.55. The molecule has 13 heavy (non-hydrogen) atoms. The van der Waals surface area contributed by atoms with Gasteiger partial charge in [-0.2, -0.15) is 0 Å². The van der Waals surface area contributed by atoms with Crippen LogP contribution in [0.1, 0.15) is 0 Å². The lowest BCUT2D eigenvalue weighted by Crippen LogP contribution is -2.62. The first kappa shape index (κ1) is 9.32. The van der Waals surface area contributed by atoms with Gasteiger partial charge in [-0.15, -0.1) is 0 Å². The fourth-order valence-corrected chi connectivity index (χ4v) is 1.71. The number of hydrogen-bond donors (Lipinski definition) is 4. The Morgan fingerprint density at radius 2 is 1.92 bits per heavy atom. The molecule has 0 aromatic heterocycles. The Morgan fingerprint density at radius 3 is 2.54 bits per heavy atom. The van der Waals surface area contributed by atoms with Crippen molar-refractivity contribution in [1.82, 2.24) is 0 Å². The Hall–Kier alpha value is -0.240. The predicted octanol–water partition coefficient (Wildman–Crippen LogP) is -2.81. The van der Waals surface area contributed by atoms with Crippen LogP contribution in [0.15, 0.2) is 0 Å². The molecule has 2 heterocycles. The zero-order valence-corrected chi connectivity index (χ0v) is 6.83. The summed E-state index contributed by atoms with van der Waals surface area (Å²) in [6.07, 6.45) is -4.61. The maximum absolute atomic E-state index is 9.47. The lowest BCUT2D eigenvalue weighted by atomic mass is 9.95. The quantitative estimate of drug-likeness (QED) is 0.358. The SMILES string of the molecule is OC[C@]12OC[C@H](O1)[C@H](O)[C@H](O)[C@@H]2O. The summed E-state index contributed by atoms with van der Waals surface area (Å²) in [5.41, 5.74) is 0. The Labute approximate surface area is 74.3 Å². The first-order valence-electron chi connectivity index (χ1n) is 4.07. The molecule has 0 aliphatic carbocycles. The fraction of sp³-hybridized carbons (Fsp3) is 1.00. The molecule has 2 saturated heterocycles. The van der Waals surface area contributed by atoms with Crippen LogP contribution in [-0.2, 0) is 9.47 Å². The van der Waals surface area contributed by atoms with E-state index in [0.717, 1.165) is 0 Å². The van der Waals surface area contributed by atoms with Gasteiger partial charge in [0.15, 0.2) is 0 Å². The molecule has 6 nitrogen and oxygen atoms in total. The van der Waals surface area contributed by atoms with Gasteiger partial charge in [0, 0.05) is 0 Å². The zero-order valence-electron chi connectivity index (χ0n) is 6.83. The molecule has 5 atom stereocenters. The van der Waals surface area contributed by atoms with E-state index in [-0.39, 0.29) is 6.61 Å². The second-order valence-corrected chi connectivity index (χ2v) is 3.36. The summed E-state index contributed by atoms with van der Waals surface area (Å²) in [6, 6.07) is 0. The van der Waals surface area contributed by atoms with Crippen molar-refractivity contribution in [3.63, 3.8) is 0 Å². The molecular formula is C7H12O6. The molecule has 6 heteroatoms. The van der Waals surface area contributed by atoms with Crippen LogP contribution >= 0.6 is 0 Å². The molecule has 4 N–H and O–H groups in total. The molecule has 0 radical (unpaired) electrons. The molecule has 0 aromatic rings. The lowest BCUT2D eigenvalue weighted by Gasteiger charge is -2.39. The Bertz CT molecular complexity index is 209. The van der Waals surface area contributed by atoms with Crippen LogP contribution in [0.25, 0.3) is 0 Å². The van der Waals surface area contributed by atoms with Gasteiger partial charge in [-0.25, -0.2) is 0 Å². The van der Waals surface area contributed by atoms with Gasteiger partial charge in [0.25, 0.3) is 0 Å². The molecule has 2 aliphatic rings. The normalized spacial score (nSPS) is 55.4. The van der Waals surface area contributed by atoms with Crippen molar-refractivity contribution in [2.75, 3.05) is 13.2 Å². The van der Waals surface area contributed by atoms with E-state index >= 15 is 0 Å². The molecule has 0 saturated carbocycles. The van der Waals surface area contributed by atoms with Gasteiger partial charge in [-0.05, 0) is 0 Å². The van der Waals surface area contributed by atoms with E-state index in [9.17, 15) is 15.3 Å². The van der Waals surface area contributed by atoms with Gasteiger partial charge < -0.3 is 29.9 Å². The molecule has 2 aliphatic heterocycles. The standard InChI is InChI=1S/C7H12O6/c8-2-7-6(11)5(10)4(9)3(13-7)1-12-7/h3-6,8-11H,1-2H2/t3-,4-,5-,6-,7-/m0/s1. The van der Waals surface area contributed by atoms with Gasteiger partial charge in [-0.1, -0.05) is 0 Å². The lowest BCUT2D eigenvalue weighted by molar-refractivity contribution is -0.305. The Morgan fingerprint density at radius 1 is 1.23 bits per heavy atom. The van der Waals surface area contributed by atoms with Crippen molar-refractivity contribution >= 4 is 0 Å². The van der Waals surface area contributed by atoms with Gasteiger partial charge in [0.05, 0.1) is 6.61 Å². The number of rotatable bonds is 1. The number of ether oxygens (including phenoxy) is 2. The number of hydrogen-bond acceptors (Lipinski definition) is 6. The maximum Gasteiger partial charge on any atom is 0.221 e. The van der Waals surface area contributed by atoms with E-state index in [1.807, 2.05) is 0 Å². The van der Waals surface area contributed by atoms with Crippen molar-refractivity contribution < 1.29 is 29.9 Å². The van der Waals surface area contributed by atoms with Crippen molar-refractivity contribution in [1.29, 1.82) is 0 Å². The van der Waals surface area contributed by atoms with Gasteiger partial charge in [-0.3, -0.25) is 0 Å². The molecule has 0 amide bonds. The molecule has 2 rings (SSSR count). The first-order chi connectivity index (χ1) is 6.10. The third-order valence-corrected chi connectivity index (χ3v) is 2.57. The highest BCUT2D eigenvalue weighted by atomic mass is 16.8. The van der Waals surface area contributed by atoms with E-state index < -0.39 is 36.8 Å². The van der Waals surface area contributed by atoms with Gasteiger partial charge in [0.2, 0.25) is 5.79 Å². The molecule has 0 spiro atoms. The van der Waals surface area contributed by atoms with Crippen LogP contribution in [0, 0.1) is 0 Å². The number of fused-ring (bicyclic) bond motifs is 2. The summed E-state index contributed by atoms with van der Waals surface area (Å²) in [4.78, 5) is 0. The average molecular weight is 192 g/mol. The smallest absolute Gasteiger partial charge is 0.221 e. The molecule has 76 valence electrons. The zero-order chi connectivity index (χ0) is 9.64. The second-order valence-electron chi connectivity index (χ2n) is 3.36. The highest BCUT2D eigenvalue weighted by Gasteiger charge is 2.58. The van der Waals surface area contributed by atoms with E-state index in [1.165, 1.54) is 0 Å². The van der Waals surface area contributed by atoms with Gasteiger partial charge >= 0.3 is 0 Å². The van der Waals surface area contributed by atoms with E-state index in [0.29, 0.717) is 0 Å². The Kier molecular flexibility index (Phi) is 2.06. The topological polar surface area (TPSA) is 99.4 Å². The van der Waals surface area contributed by atoms with Crippen molar-refractivity contribution in [2.45, 2.75) is 30.2 Å². The minimum atomic E-state index is -1.55. The highest BCUT2D eigenvalue weighted by Crippen LogP contribution is 2.36. The first-order valence-corrected chi connectivity index (χ1v) is 4.07. The Balaban J connectivity index is 2.25. The summed E-state index contributed by atoms with van der Waals surface area (Å²) in [5, 5.41) is 37.1. The summed E-state index contributed by atoms with van der Waals surface area (Å²) in [6.45, 7) is -0.482. The third-order valence-electron chi connectivity index (χ3n) is 2.57. The highest BCUT2D eigenvalue weighted by molar-refractivity contribution is 5.00. The van der Waals surface area contributed by atoms with Crippen molar-refractivity contribution in [2.24, 2.45) is 0 Å². The summed E-state index contributed by atoms with van der Waals surface area (Å²) < 4.78 is 10.1. The molecular weight excluding hydrogens is 180 g/mol. The summed E-state index contributed by atoms with van der Waals surface area (Å²) >= 11 is 0. The van der Waals surface area contributed by atoms with Crippen LogP contribution in [0.3, 0.4) is 0 Å². The molecule has 0 unspecified atom stereocenters. The predicted molar refractivity (Wildman–Crippen MR) is 38.7 cm³/mol. The number of aliphatic hydroxyl groups excluding tert-OH is 4. The largest absolute Gasteiger partial charge is 0.391 e. The van der Waals surface area contributed by atoms with Crippen molar-refractivity contribution in [3.05, 3.63) is 0 Å². The van der Waals surface area contributed by atoms with Crippen LogP contribution in [0.4, 0.5) is 0 Å². The average Bonchev–Trinajstić information content (AvgIpc) is 2.55. The second kappa shape index (κ2) is 2.88. The fourth-order valence-electron chi connectivity index (χ4n) is 1.71. The van der Waals surface area contributed by atoms with Crippen LogP contribution in [-0.4, -0.2) is 63.8 Å². The number of aliphatic hydroxyl groups is 4. The summed E-state index contributed by atoms with van der Waals surface area (Å²) in [7, 11) is 0. The minimum Gasteiger partial charge on any atom is -0.391 e. The maximum atomic E-state index is 9.47. The van der Waals surface area contributed by atoms with E-state index in [4.69, 9.17) is 14.6 Å². The van der Waals surface area contributed by atoms with Crippen LogP contribution in [0.2, 0.25) is 0 Å². The van der Waals surface area contributed by atoms with Gasteiger partial charge in [0.1, 0.15) is 31.0 Å². The van der Waals surface area contributed by atoms with Crippen molar-refractivity contribution in [3.8, 4) is 0 Å². The van der Waals surface area contributed by atoms with Crippen LogP contribution in [0.5, 0.6) is 0 Å². The molecule has 2 bridgehead atoms. The monoisotopic (exact) mass is 192 g/mol. The minimum absolute atomic E-state index is 0.0653. The van der Waals surface area contributed by atoms with Crippen LogP contribution < -0.4 is 0 Å². The van der Waals surface area contributed by atoms with E-state index in [1.54, 1.807) is 0 Å². The molecule has 2 fully saturated rings. The van der Waals surface area contributed by atoms with E-state index in [2.05, 4.69) is 0 Å².